The van der Waals surface area contributed by atoms with Gasteiger partial charge in [0.15, 0.2) is 0 Å². The second kappa shape index (κ2) is 7.91. The molecule has 0 saturated heterocycles. The molecule has 0 spiro atoms. The van der Waals surface area contributed by atoms with Gasteiger partial charge >= 0.3 is 5.97 Å². The molecule has 1 heterocycles. The van der Waals surface area contributed by atoms with Gasteiger partial charge in [-0.1, -0.05) is 35.5 Å². The molecular weight excluding hydrogens is 382 g/mol. The van der Waals surface area contributed by atoms with E-state index in [1.165, 1.54) is 19.2 Å². The van der Waals surface area contributed by atoms with Crippen molar-refractivity contribution < 1.29 is 22.5 Å². The number of carbonyl (C=O) groups is 1. The monoisotopic (exact) mass is 401 g/mol. The molecule has 1 aromatic heterocycles. The zero-order valence-electron chi connectivity index (χ0n) is 15.6. The van der Waals surface area contributed by atoms with Crippen LogP contribution in [0.4, 0.5) is 0 Å². The molecule has 0 unspecified atom stereocenters. The Kier molecular flexibility index (Phi) is 5.57. The summed E-state index contributed by atoms with van der Waals surface area (Å²) in [5.41, 5.74) is 2.59. The number of aromatic nitrogens is 2. The topological polar surface area (TPSA) is 111 Å². The zero-order valence-corrected chi connectivity index (χ0v) is 16.4. The fourth-order valence-corrected chi connectivity index (χ4v) is 3.60. The van der Waals surface area contributed by atoms with Crippen LogP contribution in [-0.2, 0) is 21.3 Å². The van der Waals surface area contributed by atoms with Crippen LogP contribution >= 0.6 is 0 Å². The standard InChI is InChI=1S/C19H19N3O5S/c1-12-6-4-5-7-15(12)18-21-17(27-22-18)11-20-28(24,25)14-9-8-13(2)16(10-14)19(23)26-3/h4-10,20H,11H2,1-3H3. The average Bonchev–Trinajstić information content (AvgIpc) is 3.15. The van der Waals surface area contributed by atoms with Crippen LogP contribution in [0.25, 0.3) is 11.4 Å². The Balaban J connectivity index is 1.78. The van der Waals surface area contributed by atoms with E-state index in [0.29, 0.717) is 11.4 Å². The first-order valence-electron chi connectivity index (χ1n) is 8.39. The molecule has 0 bridgehead atoms. The molecule has 3 rings (SSSR count). The van der Waals surface area contributed by atoms with Crippen LogP contribution in [-0.4, -0.2) is 31.6 Å². The molecule has 9 heteroatoms. The smallest absolute Gasteiger partial charge is 0.338 e. The van der Waals surface area contributed by atoms with E-state index in [0.717, 1.165) is 11.1 Å². The van der Waals surface area contributed by atoms with E-state index in [1.807, 2.05) is 31.2 Å². The van der Waals surface area contributed by atoms with Gasteiger partial charge in [0.05, 0.1) is 24.1 Å². The first kappa shape index (κ1) is 19.7. The number of sulfonamides is 1. The van der Waals surface area contributed by atoms with E-state index >= 15 is 0 Å². The Morgan fingerprint density at radius 1 is 1.14 bits per heavy atom. The molecule has 0 saturated carbocycles. The molecule has 8 nitrogen and oxygen atoms in total. The molecule has 3 aromatic rings. The van der Waals surface area contributed by atoms with Crippen LogP contribution < -0.4 is 4.72 Å². The van der Waals surface area contributed by atoms with Crippen molar-refractivity contribution in [2.75, 3.05) is 7.11 Å². The van der Waals surface area contributed by atoms with Crippen molar-refractivity contribution in [3.8, 4) is 11.4 Å². The quantitative estimate of drug-likeness (QED) is 0.632. The molecular formula is C19H19N3O5S. The van der Waals surface area contributed by atoms with Gasteiger partial charge in [0.25, 0.3) is 0 Å². The third kappa shape index (κ3) is 4.10. The predicted octanol–water partition coefficient (Wildman–Crippen LogP) is 2.62. The SMILES string of the molecule is COC(=O)c1cc(S(=O)(=O)NCc2nc(-c3ccccc3C)no2)ccc1C. The van der Waals surface area contributed by atoms with Crippen molar-refractivity contribution in [1.82, 2.24) is 14.9 Å². The van der Waals surface area contributed by atoms with E-state index in [-0.39, 0.29) is 22.9 Å². The number of carbonyl (C=O) groups excluding carboxylic acids is 1. The van der Waals surface area contributed by atoms with E-state index < -0.39 is 16.0 Å². The third-order valence-corrected chi connectivity index (χ3v) is 5.59. The number of benzene rings is 2. The summed E-state index contributed by atoms with van der Waals surface area (Å²) in [7, 11) is -2.65. The Hall–Kier alpha value is -3.04. The van der Waals surface area contributed by atoms with E-state index in [2.05, 4.69) is 19.6 Å². The highest BCUT2D eigenvalue weighted by atomic mass is 32.2. The highest BCUT2D eigenvalue weighted by Crippen LogP contribution is 2.20. The molecule has 0 aliphatic rings. The average molecular weight is 401 g/mol. The summed E-state index contributed by atoms with van der Waals surface area (Å²) >= 11 is 0. The van der Waals surface area contributed by atoms with Crippen molar-refractivity contribution in [1.29, 1.82) is 0 Å². The van der Waals surface area contributed by atoms with E-state index in [1.54, 1.807) is 13.0 Å². The lowest BCUT2D eigenvalue weighted by molar-refractivity contribution is 0.0599. The lowest BCUT2D eigenvalue weighted by atomic mass is 10.1. The maximum Gasteiger partial charge on any atom is 0.338 e. The van der Waals surface area contributed by atoms with Gasteiger partial charge < -0.3 is 9.26 Å². The van der Waals surface area contributed by atoms with Gasteiger partial charge in [0, 0.05) is 5.56 Å². The van der Waals surface area contributed by atoms with Gasteiger partial charge in [-0.15, -0.1) is 0 Å². The largest absolute Gasteiger partial charge is 0.465 e. The molecule has 0 fully saturated rings. The van der Waals surface area contributed by atoms with Crippen LogP contribution in [0.15, 0.2) is 51.9 Å². The number of esters is 1. The maximum absolute atomic E-state index is 12.6. The van der Waals surface area contributed by atoms with Crippen molar-refractivity contribution in [2.45, 2.75) is 25.3 Å². The summed E-state index contributed by atoms with van der Waals surface area (Å²) in [5.74, 6) is -0.0907. The number of hydrogen-bond acceptors (Lipinski definition) is 7. The summed E-state index contributed by atoms with van der Waals surface area (Å²) in [5, 5.41) is 3.90. The minimum absolute atomic E-state index is 0.0582. The van der Waals surface area contributed by atoms with Crippen molar-refractivity contribution in [2.24, 2.45) is 0 Å². The zero-order chi connectivity index (χ0) is 20.3. The molecule has 0 aliphatic carbocycles. The maximum atomic E-state index is 12.6. The molecule has 0 amide bonds. The Labute approximate surface area is 162 Å². The third-order valence-electron chi connectivity index (χ3n) is 4.19. The molecule has 0 atom stereocenters. The second-order valence-corrected chi connectivity index (χ2v) is 7.89. The number of aryl methyl sites for hydroxylation is 2. The second-order valence-electron chi connectivity index (χ2n) is 6.12. The summed E-state index contributed by atoms with van der Waals surface area (Å²) in [6.45, 7) is 3.44. The van der Waals surface area contributed by atoms with Gasteiger partial charge in [0.2, 0.25) is 21.7 Å². The summed E-state index contributed by atoms with van der Waals surface area (Å²) in [6, 6.07) is 11.8. The summed E-state index contributed by atoms with van der Waals surface area (Å²) < 4.78 is 37.3. The first-order chi connectivity index (χ1) is 13.3. The highest BCUT2D eigenvalue weighted by molar-refractivity contribution is 7.89. The van der Waals surface area contributed by atoms with Crippen molar-refractivity contribution >= 4 is 16.0 Å². The van der Waals surface area contributed by atoms with Gasteiger partial charge in [-0.05, 0) is 37.1 Å². The number of nitrogens with zero attached hydrogens (tertiary/aromatic N) is 2. The van der Waals surface area contributed by atoms with E-state index in [9.17, 15) is 13.2 Å². The fraction of sp³-hybridized carbons (Fsp3) is 0.211. The number of rotatable bonds is 6. The predicted molar refractivity (Wildman–Crippen MR) is 101 cm³/mol. The molecule has 28 heavy (non-hydrogen) atoms. The van der Waals surface area contributed by atoms with Gasteiger partial charge in [-0.3, -0.25) is 0 Å². The van der Waals surface area contributed by atoms with Gasteiger partial charge in [0.1, 0.15) is 0 Å². The Morgan fingerprint density at radius 2 is 1.89 bits per heavy atom. The number of methoxy groups -OCH3 is 1. The minimum Gasteiger partial charge on any atom is -0.465 e. The Morgan fingerprint density at radius 3 is 2.61 bits per heavy atom. The number of hydrogen-bond donors (Lipinski definition) is 1. The van der Waals surface area contributed by atoms with Crippen molar-refractivity contribution in [3.05, 3.63) is 65.0 Å². The Bertz CT molecular complexity index is 1120. The molecule has 2 aromatic carbocycles. The van der Waals surface area contributed by atoms with Crippen molar-refractivity contribution in [3.63, 3.8) is 0 Å². The minimum atomic E-state index is -3.89. The van der Waals surface area contributed by atoms with Gasteiger partial charge in [-0.2, -0.15) is 4.98 Å². The first-order valence-corrected chi connectivity index (χ1v) is 9.87. The van der Waals surface area contributed by atoms with Crippen LogP contribution in [0, 0.1) is 13.8 Å². The van der Waals surface area contributed by atoms with Crippen LogP contribution in [0.3, 0.4) is 0 Å². The van der Waals surface area contributed by atoms with Crippen LogP contribution in [0.5, 0.6) is 0 Å². The van der Waals surface area contributed by atoms with E-state index in [4.69, 9.17) is 4.52 Å². The number of ether oxygens (including phenoxy) is 1. The lowest BCUT2D eigenvalue weighted by Crippen LogP contribution is -2.24. The summed E-state index contributed by atoms with van der Waals surface area (Å²) in [6.07, 6.45) is 0. The van der Waals surface area contributed by atoms with Crippen LogP contribution in [0.2, 0.25) is 0 Å². The summed E-state index contributed by atoms with van der Waals surface area (Å²) in [4.78, 5) is 16.0. The highest BCUT2D eigenvalue weighted by Gasteiger charge is 2.20. The molecule has 0 radical (unpaired) electrons. The molecule has 146 valence electrons. The number of nitrogens with one attached hydrogen (secondary N) is 1. The molecule has 1 N–H and O–H groups in total. The van der Waals surface area contributed by atoms with Gasteiger partial charge in [-0.25, -0.2) is 17.9 Å². The molecule has 0 aliphatic heterocycles. The fourth-order valence-electron chi connectivity index (χ4n) is 2.60. The normalized spacial score (nSPS) is 11.4. The lowest BCUT2D eigenvalue weighted by Gasteiger charge is -2.08. The van der Waals surface area contributed by atoms with Crippen LogP contribution in [0.1, 0.15) is 27.4 Å².